The van der Waals surface area contributed by atoms with Crippen molar-refractivity contribution in [2.75, 3.05) is 46.0 Å². The number of piperidine rings is 1. The molecule has 1 saturated carbocycles. The molecule has 0 spiro atoms. The first-order valence-electron chi connectivity index (χ1n) is 9.91. The third-order valence-electron chi connectivity index (χ3n) is 5.25. The van der Waals surface area contributed by atoms with Crippen LogP contribution in [0.5, 0.6) is 0 Å². The van der Waals surface area contributed by atoms with Crippen LogP contribution in [0.15, 0.2) is 4.99 Å². The van der Waals surface area contributed by atoms with Crippen LogP contribution in [0.25, 0.3) is 0 Å². The lowest BCUT2D eigenvalue weighted by molar-refractivity contribution is -0.149. The fourth-order valence-corrected chi connectivity index (χ4v) is 3.35. The molecule has 0 unspecified atom stereocenters. The maximum absolute atomic E-state index is 11.9. The lowest BCUT2D eigenvalue weighted by atomic mass is 9.97. The van der Waals surface area contributed by atoms with E-state index in [4.69, 9.17) is 14.5 Å². The van der Waals surface area contributed by atoms with Crippen LogP contribution >= 0.6 is 24.0 Å². The number of nitrogens with zero attached hydrogens (tertiary/aromatic N) is 2. The van der Waals surface area contributed by atoms with Crippen LogP contribution in [0, 0.1) is 11.3 Å². The summed E-state index contributed by atoms with van der Waals surface area (Å²) in [6.07, 6.45) is 5.31. The molecular weight excluding hydrogens is 445 g/mol. The molecule has 0 aromatic rings. The van der Waals surface area contributed by atoms with Gasteiger partial charge in [-0.15, -0.1) is 24.0 Å². The van der Waals surface area contributed by atoms with E-state index in [0.717, 1.165) is 64.6 Å². The summed E-state index contributed by atoms with van der Waals surface area (Å²) in [4.78, 5) is 19.1. The number of halogens is 1. The van der Waals surface area contributed by atoms with Gasteiger partial charge in [0.15, 0.2) is 5.96 Å². The lowest BCUT2D eigenvalue weighted by Gasteiger charge is -2.33. The molecule has 0 atom stereocenters. The van der Waals surface area contributed by atoms with Crippen LogP contribution in [0.1, 0.15) is 52.9 Å². The fourth-order valence-electron chi connectivity index (χ4n) is 3.35. The van der Waals surface area contributed by atoms with Crippen molar-refractivity contribution in [1.29, 1.82) is 0 Å². The first-order valence-corrected chi connectivity index (χ1v) is 9.91. The van der Waals surface area contributed by atoms with Crippen molar-refractivity contribution in [3.05, 3.63) is 0 Å². The first kappa shape index (κ1) is 23.5. The molecule has 0 bridgehead atoms. The van der Waals surface area contributed by atoms with Crippen LogP contribution in [0.3, 0.4) is 0 Å². The van der Waals surface area contributed by atoms with Gasteiger partial charge in [-0.2, -0.15) is 0 Å². The zero-order valence-corrected chi connectivity index (χ0v) is 18.9. The molecule has 0 aromatic heterocycles. The predicted octanol–water partition coefficient (Wildman–Crippen LogP) is 3.05. The van der Waals surface area contributed by atoms with Gasteiger partial charge >= 0.3 is 5.97 Å². The number of hydrogen-bond acceptors (Lipinski definition) is 4. The minimum absolute atomic E-state index is 0. The molecule has 2 rings (SSSR count). The SMILES string of the molecule is CCNC(=NCC1(CCOCC)CC1)N1CCC(C(=O)OCC)CC1.I. The Kier molecular flexibility index (Phi) is 10.8. The number of aliphatic imine (C=N–C) groups is 1. The minimum atomic E-state index is -0.0445. The molecule has 1 heterocycles. The molecular formula is C19H36IN3O3. The van der Waals surface area contributed by atoms with Gasteiger partial charge in [0.1, 0.15) is 0 Å². The van der Waals surface area contributed by atoms with Crippen LogP contribution in [0.4, 0.5) is 0 Å². The van der Waals surface area contributed by atoms with Crippen molar-refractivity contribution in [3.63, 3.8) is 0 Å². The Hall–Kier alpha value is -0.570. The molecule has 1 aliphatic heterocycles. The van der Waals surface area contributed by atoms with Crippen LogP contribution in [-0.4, -0.2) is 62.8 Å². The van der Waals surface area contributed by atoms with Gasteiger partial charge in [-0.3, -0.25) is 9.79 Å². The molecule has 1 saturated heterocycles. The topological polar surface area (TPSA) is 63.2 Å². The number of guanidine groups is 1. The Balaban J connectivity index is 0.00000338. The average molecular weight is 481 g/mol. The molecule has 0 radical (unpaired) electrons. The highest BCUT2D eigenvalue weighted by molar-refractivity contribution is 14.0. The summed E-state index contributed by atoms with van der Waals surface area (Å²) in [6.45, 7) is 11.6. The number of carbonyl (C=O) groups excluding carboxylic acids is 1. The summed E-state index contributed by atoms with van der Waals surface area (Å²) in [5.74, 6) is 0.990. The third-order valence-corrected chi connectivity index (χ3v) is 5.25. The van der Waals surface area contributed by atoms with Gasteiger partial charge in [-0.1, -0.05) is 0 Å². The van der Waals surface area contributed by atoms with Gasteiger partial charge in [0.2, 0.25) is 0 Å². The number of rotatable bonds is 9. The maximum Gasteiger partial charge on any atom is 0.309 e. The second-order valence-corrected chi connectivity index (χ2v) is 7.13. The molecule has 1 N–H and O–H groups in total. The van der Waals surface area contributed by atoms with Gasteiger partial charge in [0.05, 0.1) is 12.5 Å². The highest BCUT2D eigenvalue weighted by Gasteiger charge is 2.42. The highest BCUT2D eigenvalue weighted by atomic mass is 127. The normalized spacial score (nSPS) is 19.7. The highest BCUT2D eigenvalue weighted by Crippen LogP contribution is 2.49. The van der Waals surface area contributed by atoms with Gasteiger partial charge < -0.3 is 19.7 Å². The fraction of sp³-hybridized carbons (Fsp3) is 0.895. The van der Waals surface area contributed by atoms with Crippen molar-refractivity contribution in [2.24, 2.45) is 16.3 Å². The Morgan fingerprint density at radius 1 is 1.19 bits per heavy atom. The van der Waals surface area contributed by atoms with Gasteiger partial charge in [-0.25, -0.2) is 0 Å². The summed E-state index contributed by atoms with van der Waals surface area (Å²) in [7, 11) is 0. The molecule has 0 amide bonds. The zero-order chi connectivity index (χ0) is 18.1. The van der Waals surface area contributed by atoms with Gasteiger partial charge in [0.25, 0.3) is 0 Å². The average Bonchev–Trinajstić information content (AvgIpc) is 3.39. The number of carbonyl (C=O) groups is 1. The Bertz CT molecular complexity index is 447. The lowest BCUT2D eigenvalue weighted by Crippen LogP contribution is -2.47. The third kappa shape index (κ3) is 7.21. The maximum atomic E-state index is 11.9. The van der Waals surface area contributed by atoms with Crippen molar-refractivity contribution in [1.82, 2.24) is 10.2 Å². The second kappa shape index (κ2) is 12.0. The van der Waals surface area contributed by atoms with E-state index in [2.05, 4.69) is 17.1 Å². The minimum Gasteiger partial charge on any atom is -0.466 e. The van der Waals surface area contributed by atoms with Crippen molar-refractivity contribution in [2.45, 2.75) is 52.9 Å². The molecule has 7 heteroatoms. The Morgan fingerprint density at radius 3 is 2.42 bits per heavy atom. The molecule has 6 nitrogen and oxygen atoms in total. The van der Waals surface area contributed by atoms with E-state index < -0.39 is 0 Å². The van der Waals surface area contributed by atoms with Gasteiger partial charge in [-0.05, 0) is 58.3 Å². The number of esters is 1. The van der Waals surface area contributed by atoms with E-state index in [1.807, 2.05) is 13.8 Å². The number of ether oxygens (including phenoxy) is 2. The summed E-state index contributed by atoms with van der Waals surface area (Å²) in [5, 5.41) is 3.42. The van der Waals surface area contributed by atoms with E-state index in [-0.39, 0.29) is 35.9 Å². The monoisotopic (exact) mass is 481 g/mol. The predicted molar refractivity (Wildman–Crippen MR) is 115 cm³/mol. The van der Waals surface area contributed by atoms with E-state index >= 15 is 0 Å². The van der Waals surface area contributed by atoms with E-state index in [1.165, 1.54) is 12.8 Å². The van der Waals surface area contributed by atoms with Crippen LogP contribution in [-0.2, 0) is 14.3 Å². The Labute approximate surface area is 175 Å². The Morgan fingerprint density at radius 2 is 1.88 bits per heavy atom. The molecule has 26 heavy (non-hydrogen) atoms. The van der Waals surface area contributed by atoms with Crippen LogP contribution in [0.2, 0.25) is 0 Å². The van der Waals surface area contributed by atoms with Crippen LogP contribution < -0.4 is 5.32 Å². The largest absolute Gasteiger partial charge is 0.466 e. The quantitative estimate of drug-likeness (QED) is 0.180. The number of nitrogens with one attached hydrogen (secondary N) is 1. The summed E-state index contributed by atoms with van der Waals surface area (Å²) < 4.78 is 10.7. The van der Waals surface area contributed by atoms with Crippen molar-refractivity contribution in [3.8, 4) is 0 Å². The van der Waals surface area contributed by atoms with Crippen molar-refractivity contribution < 1.29 is 14.3 Å². The summed E-state index contributed by atoms with van der Waals surface area (Å²) in [6, 6.07) is 0. The van der Waals surface area contributed by atoms with Crippen molar-refractivity contribution >= 4 is 35.9 Å². The molecule has 1 aliphatic carbocycles. The molecule has 152 valence electrons. The molecule has 2 fully saturated rings. The van der Waals surface area contributed by atoms with E-state index in [9.17, 15) is 4.79 Å². The molecule has 0 aromatic carbocycles. The summed E-state index contributed by atoms with van der Waals surface area (Å²) in [5.41, 5.74) is 0.360. The smallest absolute Gasteiger partial charge is 0.309 e. The number of hydrogen-bond donors (Lipinski definition) is 1. The molecule has 2 aliphatic rings. The number of likely N-dealkylation sites (tertiary alicyclic amines) is 1. The zero-order valence-electron chi connectivity index (χ0n) is 16.6. The van der Waals surface area contributed by atoms with E-state index in [1.54, 1.807) is 0 Å². The van der Waals surface area contributed by atoms with E-state index in [0.29, 0.717) is 12.0 Å². The summed E-state index contributed by atoms with van der Waals surface area (Å²) >= 11 is 0. The second-order valence-electron chi connectivity index (χ2n) is 7.13. The standard InChI is InChI=1S/C19H35N3O3.HI/c1-4-20-18(21-15-19(9-10-19)11-14-24-5-2)22-12-7-16(8-13-22)17(23)25-6-3;/h16H,4-15H2,1-3H3,(H,20,21);1H. The first-order chi connectivity index (χ1) is 12.1. The van der Waals surface area contributed by atoms with Gasteiger partial charge in [0, 0.05) is 39.4 Å².